The van der Waals surface area contributed by atoms with Gasteiger partial charge in [0, 0.05) is 49.6 Å². The van der Waals surface area contributed by atoms with Crippen LogP contribution in [0.15, 0.2) is 24.0 Å². The Balaban J connectivity index is 1.73. The molecular weight excluding hydrogens is 542 g/mol. The van der Waals surface area contributed by atoms with Gasteiger partial charge in [-0.2, -0.15) is 0 Å². The molecule has 9 nitrogen and oxygen atoms in total. The van der Waals surface area contributed by atoms with Crippen LogP contribution in [0.25, 0.3) is 17.0 Å². The Bertz CT molecular complexity index is 1260. The first-order valence-electron chi connectivity index (χ1n) is 13.3. The second-order valence-corrected chi connectivity index (χ2v) is 11.0. The van der Waals surface area contributed by atoms with Crippen molar-refractivity contribution in [2.45, 2.75) is 33.3 Å². The Morgan fingerprint density at radius 2 is 1.88 bits per heavy atom. The summed E-state index contributed by atoms with van der Waals surface area (Å²) in [5.74, 6) is 1.88. The van der Waals surface area contributed by atoms with Crippen LogP contribution >= 0.6 is 11.6 Å². The first-order valence-corrected chi connectivity index (χ1v) is 13.7. The van der Waals surface area contributed by atoms with Crippen molar-refractivity contribution >= 4 is 28.7 Å². The smallest absolute Gasteiger partial charge is 0.251 e. The van der Waals surface area contributed by atoms with Crippen LogP contribution in [0, 0.1) is 24.2 Å². The number of alkyl halides is 2. The number of anilines is 1. The van der Waals surface area contributed by atoms with Crippen molar-refractivity contribution in [3.63, 3.8) is 0 Å². The molecule has 1 aromatic carbocycles. The van der Waals surface area contributed by atoms with Crippen molar-refractivity contribution < 1.29 is 23.7 Å². The van der Waals surface area contributed by atoms with Crippen molar-refractivity contribution in [2.75, 3.05) is 57.8 Å². The standard InChI is InChI=1S/C28H37ClF2N6O3/c1-15-26(25(16(2)32)17(3)38)34-27(22-7-21(5-6-23(22)29)40-14-20(39)8-33-4)35-28(15)37-11-18-9-36(13-24(30)31)10-19(18)12-37/h5-7,18-20,24,32-33,38-39H,8-14H2,1-4H3/b25-17+,32-16?/t18-,19+,20-/m1/s1. The summed E-state index contributed by atoms with van der Waals surface area (Å²) in [6.45, 7) is 7.75. The van der Waals surface area contributed by atoms with E-state index in [0.717, 1.165) is 0 Å². The van der Waals surface area contributed by atoms with Gasteiger partial charge in [0.05, 0.1) is 22.8 Å². The molecule has 3 heterocycles. The number of hydrogen-bond donors (Lipinski definition) is 4. The lowest BCUT2D eigenvalue weighted by Gasteiger charge is -2.25. The first-order chi connectivity index (χ1) is 19.0. The normalized spacial score (nSPS) is 20.6. The van der Waals surface area contributed by atoms with Gasteiger partial charge in [-0.3, -0.25) is 4.90 Å². The van der Waals surface area contributed by atoms with Gasteiger partial charge in [-0.15, -0.1) is 0 Å². The Morgan fingerprint density at radius 1 is 1.20 bits per heavy atom. The number of fused-ring (bicyclic) bond motifs is 1. The number of halogens is 3. The van der Waals surface area contributed by atoms with E-state index in [4.69, 9.17) is 31.7 Å². The van der Waals surface area contributed by atoms with Crippen LogP contribution in [0.4, 0.5) is 14.6 Å². The Morgan fingerprint density at radius 3 is 2.45 bits per heavy atom. The number of rotatable bonds is 11. The molecule has 40 heavy (non-hydrogen) atoms. The molecule has 4 rings (SSSR count). The highest BCUT2D eigenvalue weighted by atomic mass is 35.5. The minimum Gasteiger partial charge on any atom is -0.512 e. The summed E-state index contributed by atoms with van der Waals surface area (Å²) in [7, 11) is 1.74. The highest BCUT2D eigenvalue weighted by molar-refractivity contribution is 6.33. The molecule has 0 amide bonds. The third-order valence-electron chi connectivity index (χ3n) is 7.41. The monoisotopic (exact) mass is 578 g/mol. The van der Waals surface area contributed by atoms with Crippen LogP contribution in [-0.2, 0) is 0 Å². The van der Waals surface area contributed by atoms with E-state index in [1.807, 2.05) is 11.8 Å². The molecule has 1 aromatic heterocycles. The average molecular weight is 579 g/mol. The molecule has 0 spiro atoms. The predicted molar refractivity (Wildman–Crippen MR) is 153 cm³/mol. The lowest BCUT2D eigenvalue weighted by molar-refractivity contribution is 0.0965. The number of allylic oxidation sites excluding steroid dienone is 2. The van der Waals surface area contributed by atoms with Crippen LogP contribution < -0.4 is 15.0 Å². The van der Waals surface area contributed by atoms with Crippen molar-refractivity contribution in [3.05, 3.63) is 40.2 Å². The first kappa shape index (κ1) is 30.1. The third kappa shape index (κ3) is 6.71. The number of likely N-dealkylation sites (N-methyl/N-ethyl adjacent to an activating group) is 1. The summed E-state index contributed by atoms with van der Waals surface area (Å²) >= 11 is 6.61. The zero-order chi connectivity index (χ0) is 29.1. The van der Waals surface area contributed by atoms with E-state index in [9.17, 15) is 19.0 Å². The summed E-state index contributed by atoms with van der Waals surface area (Å²) in [6, 6.07) is 5.08. The number of aliphatic hydroxyl groups excluding tert-OH is 2. The number of ether oxygens (including phenoxy) is 1. The van der Waals surface area contributed by atoms with Gasteiger partial charge >= 0.3 is 0 Å². The Labute approximate surface area is 238 Å². The minimum absolute atomic E-state index is 0.0335. The van der Waals surface area contributed by atoms with E-state index in [-0.39, 0.29) is 36.5 Å². The average Bonchev–Trinajstić information content (AvgIpc) is 3.42. The molecule has 0 saturated carbocycles. The summed E-state index contributed by atoms with van der Waals surface area (Å²) in [6.07, 6.45) is -3.04. The molecule has 0 aliphatic carbocycles. The number of nitrogens with one attached hydrogen (secondary N) is 2. The Kier molecular flexibility index (Phi) is 9.60. The largest absolute Gasteiger partial charge is 0.512 e. The molecule has 2 aliphatic rings. The van der Waals surface area contributed by atoms with Gasteiger partial charge in [0.15, 0.2) is 5.82 Å². The number of benzene rings is 1. The van der Waals surface area contributed by atoms with Crippen LogP contribution in [0.5, 0.6) is 5.75 Å². The van der Waals surface area contributed by atoms with Crippen molar-refractivity contribution in [1.29, 1.82) is 5.41 Å². The van der Waals surface area contributed by atoms with Gasteiger partial charge < -0.3 is 30.6 Å². The van der Waals surface area contributed by atoms with Crippen LogP contribution in [0.1, 0.15) is 25.1 Å². The highest BCUT2D eigenvalue weighted by Crippen LogP contribution is 2.38. The number of aliphatic hydroxyl groups is 2. The van der Waals surface area contributed by atoms with E-state index in [0.29, 0.717) is 77.5 Å². The van der Waals surface area contributed by atoms with Crippen LogP contribution in [-0.4, -0.2) is 96.2 Å². The summed E-state index contributed by atoms with van der Waals surface area (Å²) in [5, 5.41) is 32.1. The van der Waals surface area contributed by atoms with Gasteiger partial charge in [-0.25, -0.2) is 18.7 Å². The zero-order valence-electron chi connectivity index (χ0n) is 23.2. The fourth-order valence-corrected chi connectivity index (χ4v) is 5.86. The predicted octanol–water partition coefficient (Wildman–Crippen LogP) is 4.03. The number of hydrogen-bond acceptors (Lipinski definition) is 9. The molecule has 12 heteroatoms. The van der Waals surface area contributed by atoms with Gasteiger partial charge in [0.2, 0.25) is 0 Å². The van der Waals surface area contributed by atoms with Gasteiger partial charge in [0.25, 0.3) is 6.43 Å². The lowest BCUT2D eigenvalue weighted by Crippen LogP contribution is -2.32. The lowest BCUT2D eigenvalue weighted by atomic mass is 10.0. The van der Waals surface area contributed by atoms with Gasteiger partial charge in [0.1, 0.15) is 30.0 Å². The molecule has 4 N–H and O–H groups in total. The number of nitrogens with zero attached hydrogens (tertiary/aromatic N) is 4. The fraction of sp³-hybridized carbons (Fsp3) is 0.536. The van der Waals surface area contributed by atoms with E-state index < -0.39 is 12.5 Å². The van der Waals surface area contributed by atoms with Crippen molar-refractivity contribution in [3.8, 4) is 17.1 Å². The van der Waals surface area contributed by atoms with E-state index in [1.54, 1.807) is 32.2 Å². The SMILES string of the molecule is CNC[C@@H](O)COc1ccc(Cl)c(-c2nc(/C(C(C)=N)=C(\C)O)c(C)c(N3C[C@H]4CN(CC(F)F)C[C@H]4C3)n2)c1. The zero-order valence-corrected chi connectivity index (χ0v) is 24.0. The van der Waals surface area contributed by atoms with Crippen LogP contribution in [0.3, 0.4) is 0 Å². The molecule has 0 bridgehead atoms. The second kappa shape index (κ2) is 12.8. The Hall–Kier alpha value is -2.86. The molecule has 2 fully saturated rings. The van der Waals surface area contributed by atoms with E-state index >= 15 is 0 Å². The van der Waals surface area contributed by atoms with Crippen molar-refractivity contribution in [1.82, 2.24) is 20.2 Å². The number of likely N-dealkylation sites (tertiary alicyclic amines) is 1. The van der Waals surface area contributed by atoms with Gasteiger partial charge in [-0.05, 0) is 57.9 Å². The summed E-state index contributed by atoms with van der Waals surface area (Å²) in [5.41, 5.74) is 2.10. The molecular formula is C28H37ClF2N6O3. The topological polar surface area (TPSA) is 118 Å². The molecule has 218 valence electrons. The molecule has 3 atom stereocenters. The van der Waals surface area contributed by atoms with Gasteiger partial charge in [-0.1, -0.05) is 11.6 Å². The quantitative estimate of drug-likeness (QED) is 0.233. The maximum Gasteiger partial charge on any atom is 0.251 e. The third-order valence-corrected chi connectivity index (χ3v) is 7.74. The summed E-state index contributed by atoms with van der Waals surface area (Å²) in [4.78, 5) is 13.7. The number of aromatic nitrogens is 2. The molecule has 2 aliphatic heterocycles. The maximum atomic E-state index is 13.0. The van der Waals surface area contributed by atoms with Crippen LogP contribution in [0.2, 0.25) is 5.02 Å². The minimum atomic E-state index is -2.35. The fourth-order valence-electron chi connectivity index (χ4n) is 5.66. The van der Waals surface area contributed by atoms with E-state index in [2.05, 4.69) is 10.2 Å². The molecule has 2 saturated heterocycles. The van der Waals surface area contributed by atoms with Crippen molar-refractivity contribution in [2.24, 2.45) is 11.8 Å². The molecule has 2 aromatic rings. The van der Waals surface area contributed by atoms with E-state index in [1.165, 1.54) is 6.92 Å². The highest BCUT2D eigenvalue weighted by Gasteiger charge is 2.41. The second-order valence-electron chi connectivity index (χ2n) is 10.6. The maximum absolute atomic E-state index is 13.0. The molecule has 0 unspecified atom stereocenters. The molecule has 0 radical (unpaired) electrons. The summed E-state index contributed by atoms with van der Waals surface area (Å²) < 4.78 is 31.7.